The molecule has 1 atom stereocenters. The summed E-state index contributed by atoms with van der Waals surface area (Å²) in [5, 5.41) is 2.85. The largest absolute Gasteiger partial charge is 0.339 e. The number of amides is 1. The second-order valence-corrected chi connectivity index (χ2v) is 4.22. The molecule has 1 amide bonds. The smallest absolute Gasteiger partial charge is 0.296 e. The lowest BCUT2D eigenvalue weighted by atomic mass is 10.1. The van der Waals surface area contributed by atoms with Crippen LogP contribution >= 0.6 is 0 Å². The van der Waals surface area contributed by atoms with Gasteiger partial charge in [-0.05, 0) is 24.6 Å². The molecule has 0 spiro atoms. The van der Waals surface area contributed by atoms with Crippen molar-refractivity contribution >= 4 is 5.91 Å². The summed E-state index contributed by atoms with van der Waals surface area (Å²) in [5.41, 5.74) is 1.90. The summed E-state index contributed by atoms with van der Waals surface area (Å²) in [6, 6.07) is 19.2. The normalized spacial score (nSPS) is 11.0. The zero-order valence-electron chi connectivity index (χ0n) is 10.8. The van der Waals surface area contributed by atoms with E-state index in [1.807, 2.05) is 67.6 Å². The first-order valence-electron chi connectivity index (χ1n) is 6.18. The minimum Gasteiger partial charge on any atom is -0.339 e. The van der Waals surface area contributed by atoms with Crippen LogP contribution < -0.4 is 5.32 Å². The third kappa shape index (κ3) is 4.01. The molecular formula is C17H15NO. The van der Waals surface area contributed by atoms with Crippen LogP contribution in [0.4, 0.5) is 0 Å². The Bertz CT molecular complexity index is 593. The molecule has 2 nitrogen and oxygen atoms in total. The summed E-state index contributed by atoms with van der Waals surface area (Å²) in [4.78, 5) is 11.7. The Labute approximate surface area is 113 Å². The first kappa shape index (κ1) is 12.9. The van der Waals surface area contributed by atoms with Crippen molar-refractivity contribution in [2.75, 3.05) is 0 Å². The lowest BCUT2D eigenvalue weighted by Crippen LogP contribution is -2.24. The van der Waals surface area contributed by atoms with Gasteiger partial charge in [-0.2, -0.15) is 0 Å². The highest BCUT2D eigenvalue weighted by atomic mass is 16.1. The molecule has 2 aromatic rings. The lowest BCUT2D eigenvalue weighted by molar-refractivity contribution is -0.116. The van der Waals surface area contributed by atoms with E-state index in [1.165, 1.54) is 0 Å². The highest BCUT2D eigenvalue weighted by molar-refractivity contribution is 5.94. The quantitative estimate of drug-likeness (QED) is 0.815. The molecule has 0 aliphatic carbocycles. The van der Waals surface area contributed by atoms with E-state index in [9.17, 15) is 4.79 Å². The first-order chi connectivity index (χ1) is 9.25. The van der Waals surface area contributed by atoms with Gasteiger partial charge in [0.2, 0.25) is 0 Å². The van der Waals surface area contributed by atoms with E-state index < -0.39 is 0 Å². The lowest BCUT2D eigenvalue weighted by Gasteiger charge is -2.11. The van der Waals surface area contributed by atoms with Crippen LogP contribution in [0.25, 0.3) is 0 Å². The van der Waals surface area contributed by atoms with Crippen LogP contribution in [-0.4, -0.2) is 5.91 Å². The highest BCUT2D eigenvalue weighted by Crippen LogP contribution is 2.10. The van der Waals surface area contributed by atoms with Gasteiger partial charge < -0.3 is 5.32 Å². The molecule has 0 saturated heterocycles. The molecule has 2 heteroatoms. The zero-order chi connectivity index (χ0) is 13.5. The van der Waals surface area contributed by atoms with Crippen LogP contribution in [0.15, 0.2) is 60.7 Å². The molecule has 0 aliphatic rings. The van der Waals surface area contributed by atoms with Gasteiger partial charge in [-0.25, -0.2) is 0 Å². The minimum absolute atomic E-state index is 0.0428. The summed E-state index contributed by atoms with van der Waals surface area (Å²) in [7, 11) is 0. The topological polar surface area (TPSA) is 29.1 Å². The molecule has 94 valence electrons. The SMILES string of the molecule is C[C@H](NC(=O)C#Cc1ccccc1)c1ccccc1. The molecule has 1 N–H and O–H groups in total. The van der Waals surface area contributed by atoms with Crippen LogP contribution in [0, 0.1) is 11.8 Å². The van der Waals surface area contributed by atoms with Crippen molar-refractivity contribution < 1.29 is 4.79 Å². The molecule has 0 aliphatic heterocycles. The second-order valence-electron chi connectivity index (χ2n) is 4.22. The van der Waals surface area contributed by atoms with Crippen molar-refractivity contribution in [3.05, 3.63) is 71.8 Å². The van der Waals surface area contributed by atoms with Crippen LogP contribution in [0.2, 0.25) is 0 Å². The number of hydrogen-bond donors (Lipinski definition) is 1. The number of nitrogens with one attached hydrogen (secondary N) is 1. The third-order valence-corrected chi connectivity index (χ3v) is 2.74. The molecule has 0 unspecified atom stereocenters. The van der Waals surface area contributed by atoms with E-state index in [0.29, 0.717) is 0 Å². The van der Waals surface area contributed by atoms with E-state index in [-0.39, 0.29) is 11.9 Å². The monoisotopic (exact) mass is 249 g/mol. The van der Waals surface area contributed by atoms with E-state index in [2.05, 4.69) is 17.2 Å². The zero-order valence-corrected chi connectivity index (χ0v) is 10.8. The molecule has 0 saturated carbocycles. The van der Waals surface area contributed by atoms with Gasteiger partial charge in [0, 0.05) is 11.5 Å². The Morgan fingerprint density at radius 2 is 1.58 bits per heavy atom. The molecule has 2 rings (SSSR count). The maximum Gasteiger partial charge on any atom is 0.296 e. The second kappa shape index (κ2) is 6.42. The predicted octanol–water partition coefficient (Wildman–Crippen LogP) is 2.92. The number of benzene rings is 2. The molecule has 0 bridgehead atoms. The number of rotatable bonds is 2. The van der Waals surface area contributed by atoms with Crippen LogP contribution in [-0.2, 0) is 4.79 Å². The van der Waals surface area contributed by atoms with E-state index in [4.69, 9.17) is 0 Å². The van der Waals surface area contributed by atoms with Crippen molar-refractivity contribution in [1.82, 2.24) is 5.32 Å². The van der Waals surface area contributed by atoms with Crippen molar-refractivity contribution in [1.29, 1.82) is 0 Å². The Morgan fingerprint density at radius 3 is 2.21 bits per heavy atom. The number of carbonyl (C=O) groups is 1. The molecule has 0 aromatic heterocycles. The fourth-order valence-corrected chi connectivity index (χ4v) is 1.71. The predicted molar refractivity (Wildman–Crippen MR) is 76.3 cm³/mol. The standard InChI is InChI=1S/C17H15NO/c1-14(16-10-6-3-7-11-16)18-17(19)13-12-15-8-4-2-5-9-15/h2-11,14H,1H3,(H,18,19)/t14-/m0/s1. The molecule has 0 heterocycles. The van der Waals surface area contributed by atoms with Gasteiger partial charge in [0.05, 0.1) is 6.04 Å². The molecule has 0 fully saturated rings. The first-order valence-corrected chi connectivity index (χ1v) is 6.18. The summed E-state index contributed by atoms with van der Waals surface area (Å²) < 4.78 is 0. The van der Waals surface area contributed by atoms with Crippen molar-refractivity contribution in [3.8, 4) is 11.8 Å². The Hall–Kier alpha value is -2.53. The molecule has 2 aromatic carbocycles. The van der Waals surface area contributed by atoms with Crippen molar-refractivity contribution in [3.63, 3.8) is 0 Å². The number of carbonyl (C=O) groups excluding carboxylic acids is 1. The van der Waals surface area contributed by atoms with Gasteiger partial charge in [0.1, 0.15) is 0 Å². The summed E-state index contributed by atoms with van der Waals surface area (Å²) in [6.45, 7) is 1.94. The summed E-state index contributed by atoms with van der Waals surface area (Å²) in [6.07, 6.45) is 0. The summed E-state index contributed by atoms with van der Waals surface area (Å²) >= 11 is 0. The average Bonchev–Trinajstić information content (AvgIpc) is 2.47. The van der Waals surface area contributed by atoms with Gasteiger partial charge >= 0.3 is 0 Å². The Morgan fingerprint density at radius 1 is 1.00 bits per heavy atom. The third-order valence-electron chi connectivity index (χ3n) is 2.74. The van der Waals surface area contributed by atoms with E-state index in [0.717, 1.165) is 11.1 Å². The van der Waals surface area contributed by atoms with Gasteiger partial charge in [-0.3, -0.25) is 4.79 Å². The molecular weight excluding hydrogens is 234 g/mol. The highest BCUT2D eigenvalue weighted by Gasteiger charge is 2.06. The van der Waals surface area contributed by atoms with Crippen LogP contribution in [0.1, 0.15) is 24.1 Å². The maximum atomic E-state index is 11.7. The maximum absolute atomic E-state index is 11.7. The minimum atomic E-state index is -0.264. The average molecular weight is 249 g/mol. The fourth-order valence-electron chi connectivity index (χ4n) is 1.71. The van der Waals surface area contributed by atoms with Crippen molar-refractivity contribution in [2.24, 2.45) is 0 Å². The molecule has 0 radical (unpaired) electrons. The fraction of sp³-hybridized carbons (Fsp3) is 0.118. The van der Waals surface area contributed by atoms with Gasteiger partial charge in [0.15, 0.2) is 0 Å². The Balaban J connectivity index is 1.97. The van der Waals surface area contributed by atoms with Gasteiger partial charge in [-0.1, -0.05) is 54.5 Å². The van der Waals surface area contributed by atoms with Gasteiger partial charge in [-0.15, -0.1) is 0 Å². The molecule has 19 heavy (non-hydrogen) atoms. The van der Waals surface area contributed by atoms with E-state index in [1.54, 1.807) is 0 Å². The van der Waals surface area contributed by atoms with Crippen LogP contribution in [0.3, 0.4) is 0 Å². The van der Waals surface area contributed by atoms with Gasteiger partial charge in [0.25, 0.3) is 5.91 Å². The van der Waals surface area contributed by atoms with Crippen molar-refractivity contribution in [2.45, 2.75) is 13.0 Å². The number of hydrogen-bond acceptors (Lipinski definition) is 1. The van der Waals surface area contributed by atoms with Crippen LogP contribution in [0.5, 0.6) is 0 Å². The summed E-state index contributed by atoms with van der Waals surface area (Å²) in [5.74, 6) is 5.18. The Kier molecular flexibility index (Phi) is 4.36. The van der Waals surface area contributed by atoms with E-state index >= 15 is 0 Å².